The summed E-state index contributed by atoms with van der Waals surface area (Å²) in [6.45, 7) is 2.83. The molecule has 2 heterocycles. The van der Waals surface area contributed by atoms with Crippen molar-refractivity contribution in [2.75, 3.05) is 31.1 Å². The fraction of sp³-hybridized carbons (Fsp3) is 0.200. The summed E-state index contributed by atoms with van der Waals surface area (Å²) in [6, 6.07) is 23.1. The van der Waals surface area contributed by atoms with Gasteiger partial charge in [0.25, 0.3) is 5.91 Å². The van der Waals surface area contributed by atoms with E-state index in [4.69, 9.17) is 0 Å². The van der Waals surface area contributed by atoms with Crippen molar-refractivity contribution in [1.29, 1.82) is 0 Å². The first kappa shape index (κ1) is 20.5. The number of anilines is 1. The fourth-order valence-corrected chi connectivity index (χ4v) is 4.77. The number of H-pyrrole nitrogens is 1. The van der Waals surface area contributed by atoms with E-state index in [1.807, 2.05) is 65.6 Å². The molecule has 0 atom stereocenters. The number of benzene rings is 3. The molecule has 1 aromatic heterocycles. The molecule has 0 unspecified atom stereocenters. The Morgan fingerprint density at radius 3 is 2.50 bits per heavy atom. The monoisotopic (exact) mass is 444 g/mol. The van der Waals surface area contributed by atoms with Gasteiger partial charge in [-0.05, 0) is 42.0 Å². The summed E-state index contributed by atoms with van der Waals surface area (Å²) in [5.41, 5.74) is 4.87. The first-order valence-corrected chi connectivity index (χ1v) is 11.6. The highest BCUT2D eigenvalue weighted by Crippen LogP contribution is 2.24. The zero-order valence-corrected chi connectivity index (χ0v) is 18.4. The molecule has 0 saturated carbocycles. The molecular formula is C25H24N4O2S. The van der Waals surface area contributed by atoms with Gasteiger partial charge >= 0.3 is 0 Å². The number of hydrogen-bond acceptors (Lipinski definition) is 5. The first-order chi connectivity index (χ1) is 15.7. The normalized spacial score (nSPS) is 14.1. The number of nitrogens with zero attached hydrogens (tertiary/aromatic N) is 3. The predicted octanol–water partition coefficient (Wildman–Crippen LogP) is 4.52. The average molecular weight is 445 g/mol. The van der Waals surface area contributed by atoms with Crippen molar-refractivity contribution in [2.24, 2.45) is 0 Å². The van der Waals surface area contributed by atoms with Crippen molar-refractivity contribution in [3.05, 3.63) is 83.9 Å². The second-order valence-corrected chi connectivity index (χ2v) is 8.81. The quantitative estimate of drug-likeness (QED) is 0.443. The number of para-hydroxylation sites is 2. The number of phenolic OH excluding ortho intramolecular Hbond substituents is 1. The fourth-order valence-electron chi connectivity index (χ4n) is 3.93. The molecule has 0 bridgehead atoms. The molecule has 0 spiro atoms. The van der Waals surface area contributed by atoms with E-state index in [2.05, 4.69) is 14.9 Å². The van der Waals surface area contributed by atoms with Gasteiger partial charge in [-0.3, -0.25) is 4.79 Å². The van der Waals surface area contributed by atoms with Crippen LogP contribution in [0.5, 0.6) is 5.75 Å². The van der Waals surface area contributed by atoms with Crippen molar-refractivity contribution in [2.45, 2.75) is 10.9 Å². The van der Waals surface area contributed by atoms with Gasteiger partial charge in [-0.2, -0.15) is 0 Å². The summed E-state index contributed by atoms with van der Waals surface area (Å²) in [7, 11) is 0. The molecule has 1 fully saturated rings. The predicted molar refractivity (Wildman–Crippen MR) is 128 cm³/mol. The van der Waals surface area contributed by atoms with E-state index in [0.29, 0.717) is 18.7 Å². The summed E-state index contributed by atoms with van der Waals surface area (Å²) in [5, 5.41) is 10.6. The summed E-state index contributed by atoms with van der Waals surface area (Å²) in [5.74, 6) is 1.12. The Bertz CT molecular complexity index is 1200. The smallest absolute Gasteiger partial charge is 0.253 e. The largest absolute Gasteiger partial charge is 0.508 e. The van der Waals surface area contributed by atoms with Crippen LogP contribution in [0.4, 0.5) is 5.69 Å². The number of aromatic nitrogens is 2. The van der Waals surface area contributed by atoms with Crippen LogP contribution >= 0.6 is 11.8 Å². The summed E-state index contributed by atoms with van der Waals surface area (Å²) < 4.78 is 0. The highest BCUT2D eigenvalue weighted by Gasteiger charge is 2.22. The number of thioether (sulfide) groups is 1. The van der Waals surface area contributed by atoms with Crippen molar-refractivity contribution in [3.8, 4) is 5.75 Å². The molecule has 5 rings (SSSR count). The van der Waals surface area contributed by atoms with Crippen LogP contribution in [0.3, 0.4) is 0 Å². The van der Waals surface area contributed by atoms with Crippen LogP contribution in [-0.4, -0.2) is 52.1 Å². The average Bonchev–Trinajstić information content (AvgIpc) is 3.26. The lowest BCUT2D eigenvalue weighted by atomic mass is 10.1. The van der Waals surface area contributed by atoms with Gasteiger partial charge in [0.2, 0.25) is 0 Å². The van der Waals surface area contributed by atoms with Crippen LogP contribution in [0.2, 0.25) is 0 Å². The van der Waals surface area contributed by atoms with Gasteiger partial charge in [0.1, 0.15) is 5.75 Å². The SMILES string of the molecule is O=C(c1ccc(CSc2nc3ccccc3[nH]2)cc1)N1CCN(c2cccc(O)c2)CC1. The molecule has 1 aliphatic heterocycles. The number of rotatable bonds is 5. The number of carbonyl (C=O) groups is 1. The molecule has 0 radical (unpaired) electrons. The highest BCUT2D eigenvalue weighted by molar-refractivity contribution is 7.98. The van der Waals surface area contributed by atoms with Crippen molar-refractivity contribution in [1.82, 2.24) is 14.9 Å². The topological polar surface area (TPSA) is 72.5 Å². The van der Waals surface area contributed by atoms with Crippen LogP contribution in [-0.2, 0) is 5.75 Å². The van der Waals surface area contributed by atoms with Gasteiger partial charge in [0.15, 0.2) is 5.16 Å². The maximum Gasteiger partial charge on any atom is 0.253 e. The number of phenols is 1. The molecule has 32 heavy (non-hydrogen) atoms. The Labute approximate surface area is 190 Å². The summed E-state index contributed by atoms with van der Waals surface area (Å²) >= 11 is 1.66. The number of nitrogens with one attached hydrogen (secondary N) is 1. The molecule has 7 heteroatoms. The minimum absolute atomic E-state index is 0.0667. The number of aromatic amines is 1. The van der Waals surface area contributed by atoms with Crippen molar-refractivity contribution < 1.29 is 9.90 Å². The Morgan fingerprint density at radius 2 is 1.75 bits per heavy atom. The van der Waals surface area contributed by atoms with Crippen LogP contribution in [0.15, 0.2) is 78.0 Å². The van der Waals surface area contributed by atoms with Crippen molar-refractivity contribution >= 4 is 34.4 Å². The molecule has 3 aromatic carbocycles. The van der Waals surface area contributed by atoms with Gasteiger partial charge in [0, 0.05) is 49.2 Å². The van der Waals surface area contributed by atoms with E-state index >= 15 is 0 Å². The Hall–Kier alpha value is -3.45. The van der Waals surface area contributed by atoms with Crippen LogP contribution in [0.25, 0.3) is 11.0 Å². The zero-order valence-electron chi connectivity index (χ0n) is 17.6. The van der Waals surface area contributed by atoms with E-state index in [0.717, 1.165) is 46.3 Å². The van der Waals surface area contributed by atoms with Gasteiger partial charge in [-0.1, -0.05) is 42.1 Å². The van der Waals surface area contributed by atoms with Crippen LogP contribution < -0.4 is 4.90 Å². The third-order valence-corrected chi connectivity index (χ3v) is 6.65. The standard InChI is InChI=1S/C25H24N4O2S/c30-21-5-3-4-20(16-21)28-12-14-29(15-13-28)24(31)19-10-8-18(9-11-19)17-32-25-26-22-6-1-2-7-23(22)27-25/h1-11,16,30H,12-15,17H2,(H,26,27). The number of imidazole rings is 1. The van der Waals surface area contributed by atoms with E-state index in [1.54, 1.807) is 23.9 Å². The van der Waals surface area contributed by atoms with Gasteiger partial charge < -0.3 is 19.9 Å². The molecule has 4 aromatic rings. The van der Waals surface area contributed by atoms with Crippen LogP contribution in [0.1, 0.15) is 15.9 Å². The maximum atomic E-state index is 12.9. The van der Waals surface area contributed by atoms with Crippen LogP contribution in [0, 0.1) is 0 Å². The summed E-state index contributed by atoms with van der Waals surface area (Å²) in [6.07, 6.45) is 0. The van der Waals surface area contributed by atoms with E-state index in [-0.39, 0.29) is 11.7 Å². The number of hydrogen-bond donors (Lipinski definition) is 2. The number of amides is 1. The lowest BCUT2D eigenvalue weighted by molar-refractivity contribution is 0.0746. The molecule has 1 saturated heterocycles. The molecule has 0 aliphatic carbocycles. The van der Waals surface area contributed by atoms with Gasteiger partial charge in [-0.25, -0.2) is 4.98 Å². The second kappa shape index (κ2) is 8.96. The molecule has 2 N–H and O–H groups in total. The minimum Gasteiger partial charge on any atom is -0.508 e. The van der Waals surface area contributed by atoms with Gasteiger partial charge in [-0.15, -0.1) is 0 Å². The zero-order chi connectivity index (χ0) is 21.9. The lowest BCUT2D eigenvalue weighted by Gasteiger charge is -2.36. The summed E-state index contributed by atoms with van der Waals surface area (Å²) in [4.78, 5) is 25.0. The Kier molecular flexibility index (Phi) is 5.73. The number of carbonyl (C=O) groups excluding carboxylic acids is 1. The Balaban J connectivity index is 1.16. The van der Waals surface area contributed by atoms with E-state index in [9.17, 15) is 9.90 Å². The molecule has 162 valence electrons. The van der Waals surface area contributed by atoms with Crippen molar-refractivity contribution in [3.63, 3.8) is 0 Å². The number of fused-ring (bicyclic) bond motifs is 1. The third-order valence-electron chi connectivity index (χ3n) is 5.71. The first-order valence-electron chi connectivity index (χ1n) is 10.7. The minimum atomic E-state index is 0.0667. The third kappa shape index (κ3) is 4.43. The molecule has 1 aliphatic rings. The Morgan fingerprint density at radius 1 is 0.969 bits per heavy atom. The number of piperazine rings is 1. The number of aromatic hydroxyl groups is 1. The highest BCUT2D eigenvalue weighted by atomic mass is 32.2. The molecule has 1 amide bonds. The maximum absolute atomic E-state index is 12.9. The van der Waals surface area contributed by atoms with E-state index in [1.165, 1.54) is 0 Å². The van der Waals surface area contributed by atoms with Gasteiger partial charge in [0.05, 0.1) is 11.0 Å². The molecular weight excluding hydrogens is 420 g/mol. The second-order valence-electron chi connectivity index (χ2n) is 7.84. The molecule has 6 nitrogen and oxygen atoms in total. The van der Waals surface area contributed by atoms with E-state index < -0.39 is 0 Å². The lowest BCUT2D eigenvalue weighted by Crippen LogP contribution is -2.48.